The number of carbonyl (C=O) groups excluding carboxylic acids is 1. The van der Waals surface area contributed by atoms with Gasteiger partial charge in [0, 0.05) is 25.7 Å². The summed E-state index contributed by atoms with van der Waals surface area (Å²) in [5.41, 5.74) is 1.28. The molecular formula is C21H27FN4O4. The van der Waals surface area contributed by atoms with E-state index in [2.05, 4.69) is 24.9 Å². The van der Waals surface area contributed by atoms with Gasteiger partial charge in [-0.1, -0.05) is 6.07 Å². The first-order chi connectivity index (χ1) is 14.6. The number of rotatable bonds is 9. The van der Waals surface area contributed by atoms with Crippen LogP contribution in [0.15, 0.2) is 30.6 Å². The molecule has 9 heteroatoms. The number of piperidine rings is 1. The van der Waals surface area contributed by atoms with Gasteiger partial charge in [-0.2, -0.15) is 0 Å². The van der Waals surface area contributed by atoms with Crippen molar-refractivity contribution in [3.8, 4) is 11.5 Å². The monoisotopic (exact) mass is 418 g/mol. The fourth-order valence-electron chi connectivity index (χ4n) is 3.40. The molecule has 30 heavy (non-hydrogen) atoms. The van der Waals surface area contributed by atoms with Crippen molar-refractivity contribution in [2.24, 2.45) is 0 Å². The van der Waals surface area contributed by atoms with E-state index in [0.717, 1.165) is 38.0 Å². The van der Waals surface area contributed by atoms with Crippen LogP contribution in [-0.2, 0) is 11.3 Å². The molecule has 1 aromatic heterocycles. The lowest BCUT2D eigenvalue weighted by atomic mass is 10.0. The molecule has 1 N–H and O–H groups in total. The predicted molar refractivity (Wildman–Crippen MR) is 110 cm³/mol. The summed E-state index contributed by atoms with van der Waals surface area (Å²) in [6, 6.07) is 6.06. The molecule has 0 spiro atoms. The summed E-state index contributed by atoms with van der Waals surface area (Å²) < 4.78 is 27.8. The van der Waals surface area contributed by atoms with Crippen LogP contribution in [0.25, 0.3) is 0 Å². The Morgan fingerprint density at radius 1 is 1.20 bits per heavy atom. The van der Waals surface area contributed by atoms with E-state index in [-0.39, 0.29) is 12.3 Å². The van der Waals surface area contributed by atoms with Gasteiger partial charge >= 0.3 is 5.97 Å². The van der Waals surface area contributed by atoms with Crippen LogP contribution in [0.4, 0.5) is 10.2 Å². The van der Waals surface area contributed by atoms with Crippen LogP contribution in [0.5, 0.6) is 11.5 Å². The van der Waals surface area contributed by atoms with Crippen molar-refractivity contribution < 1.29 is 23.4 Å². The van der Waals surface area contributed by atoms with Gasteiger partial charge in [0.2, 0.25) is 0 Å². The number of hydrogen-bond acceptors (Lipinski definition) is 8. The Morgan fingerprint density at radius 3 is 2.63 bits per heavy atom. The minimum Gasteiger partial charge on any atom is -0.493 e. The van der Waals surface area contributed by atoms with Crippen LogP contribution in [0.3, 0.4) is 0 Å². The van der Waals surface area contributed by atoms with Crippen molar-refractivity contribution >= 4 is 11.8 Å². The molecular weight excluding hydrogens is 391 g/mol. The summed E-state index contributed by atoms with van der Waals surface area (Å²) in [7, 11) is 2.89. The number of nitrogens with zero attached hydrogens (tertiary/aromatic N) is 3. The van der Waals surface area contributed by atoms with Crippen LogP contribution in [-0.4, -0.2) is 67.5 Å². The number of carbonyl (C=O) groups is 1. The predicted octanol–water partition coefficient (Wildman–Crippen LogP) is 2.70. The lowest BCUT2D eigenvalue weighted by Gasteiger charge is -2.32. The number of halogens is 1. The van der Waals surface area contributed by atoms with Crippen LogP contribution < -0.4 is 14.8 Å². The maximum absolute atomic E-state index is 12.4. The Morgan fingerprint density at radius 2 is 2.00 bits per heavy atom. The van der Waals surface area contributed by atoms with E-state index < -0.39 is 12.6 Å². The number of methoxy groups -OCH3 is 2. The van der Waals surface area contributed by atoms with Crippen molar-refractivity contribution in [2.45, 2.75) is 25.4 Å². The molecule has 1 saturated heterocycles. The Hall–Kier alpha value is -2.94. The first-order valence-electron chi connectivity index (χ1n) is 9.88. The smallest absolute Gasteiger partial charge is 0.358 e. The zero-order valence-corrected chi connectivity index (χ0v) is 17.3. The topological polar surface area (TPSA) is 85.8 Å². The van der Waals surface area contributed by atoms with Crippen molar-refractivity contribution in [1.82, 2.24) is 14.9 Å². The zero-order valence-electron chi connectivity index (χ0n) is 17.3. The van der Waals surface area contributed by atoms with Crippen molar-refractivity contribution in [1.29, 1.82) is 0 Å². The van der Waals surface area contributed by atoms with E-state index in [4.69, 9.17) is 9.47 Å². The summed E-state index contributed by atoms with van der Waals surface area (Å²) in [5.74, 6) is 1.32. The molecule has 1 aliphatic heterocycles. The van der Waals surface area contributed by atoms with Crippen LogP contribution >= 0.6 is 0 Å². The van der Waals surface area contributed by atoms with Crippen molar-refractivity contribution in [2.75, 3.05) is 45.9 Å². The van der Waals surface area contributed by atoms with E-state index in [1.165, 1.54) is 13.3 Å². The highest BCUT2D eigenvalue weighted by Gasteiger charge is 2.20. The fraction of sp³-hybridized carbons (Fsp3) is 0.476. The maximum Gasteiger partial charge on any atom is 0.358 e. The lowest BCUT2D eigenvalue weighted by Crippen LogP contribution is -2.38. The molecule has 1 fully saturated rings. The number of aromatic nitrogens is 2. The summed E-state index contributed by atoms with van der Waals surface area (Å²) in [6.07, 6.45) is 4.88. The van der Waals surface area contributed by atoms with Crippen molar-refractivity contribution in [3.63, 3.8) is 0 Å². The quantitative estimate of drug-likeness (QED) is 0.622. The third-order valence-corrected chi connectivity index (χ3v) is 4.95. The summed E-state index contributed by atoms with van der Waals surface area (Å²) in [6.45, 7) is 2.12. The van der Waals surface area contributed by atoms with Gasteiger partial charge in [-0.05, 0) is 30.5 Å². The van der Waals surface area contributed by atoms with Gasteiger partial charge in [-0.15, -0.1) is 0 Å². The second kappa shape index (κ2) is 10.7. The minimum absolute atomic E-state index is 0.0143. The molecule has 0 bridgehead atoms. The van der Waals surface area contributed by atoms with Gasteiger partial charge in [-0.3, -0.25) is 4.90 Å². The number of esters is 1. The summed E-state index contributed by atoms with van der Waals surface area (Å²) in [4.78, 5) is 22.1. The number of hydrogen-bond donors (Lipinski definition) is 1. The standard InChI is InChI=1S/C21H27FN4O4/c1-28-18-4-3-15(11-19(18)30-10-7-22)14-26-8-5-16(6-9-26)25-20-13-23-17(12-24-20)21(27)29-2/h3-4,11-13,16H,5-10,14H2,1-2H3,(H,24,25). The SMILES string of the molecule is COC(=O)c1cnc(NC2CCN(Cc3ccc(OC)c(OCCF)c3)CC2)cn1. The molecule has 0 aliphatic carbocycles. The van der Waals surface area contributed by atoms with Gasteiger partial charge in [0.25, 0.3) is 0 Å². The van der Waals surface area contributed by atoms with E-state index >= 15 is 0 Å². The van der Waals surface area contributed by atoms with E-state index in [9.17, 15) is 9.18 Å². The number of nitrogens with one attached hydrogen (secondary N) is 1. The highest BCUT2D eigenvalue weighted by Crippen LogP contribution is 2.29. The van der Waals surface area contributed by atoms with Crippen molar-refractivity contribution in [3.05, 3.63) is 41.9 Å². The largest absolute Gasteiger partial charge is 0.493 e. The normalized spacial score (nSPS) is 14.9. The third-order valence-electron chi connectivity index (χ3n) is 4.95. The molecule has 0 atom stereocenters. The van der Waals surface area contributed by atoms with E-state index in [0.29, 0.717) is 23.4 Å². The molecule has 2 heterocycles. The Labute approximate surface area is 175 Å². The number of alkyl halides is 1. The second-order valence-corrected chi connectivity index (χ2v) is 7.00. The Balaban J connectivity index is 1.50. The number of benzene rings is 1. The molecule has 162 valence electrons. The first kappa shape index (κ1) is 21.8. The average molecular weight is 418 g/mol. The van der Waals surface area contributed by atoms with E-state index in [1.54, 1.807) is 13.3 Å². The summed E-state index contributed by atoms with van der Waals surface area (Å²) >= 11 is 0. The highest BCUT2D eigenvalue weighted by molar-refractivity contribution is 5.86. The molecule has 2 aromatic rings. The number of likely N-dealkylation sites (tertiary alicyclic amines) is 1. The van der Waals surface area contributed by atoms with Gasteiger partial charge in [0.1, 0.15) is 19.1 Å². The van der Waals surface area contributed by atoms with Gasteiger partial charge in [0.15, 0.2) is 17.2 Å². The second-order valence-electron chi connectivity index (χ2n) is 7.00. The minimum atomic E-state index is -0.538. The van der Waals surface area contributed by atoms with Gasteiger partial charge in [0.05, 0.1) is 26.6 Å². The highest BCUT2D eigenvalue weighted by atomic mass is 19.1. The van der Waals surface area contributed by atoms with Crippen LogP contribution in [0.1, 0.15) is 28.9 Å². The molecule has 0 saturated carbocycles. The molecule has 0 unspecified atom stereocenters. The van der Waals surface area contributed by atoms with Gasteiger partial charge in [-0.25, -0.2) is 19.2 Å². The molecule has 3 rings (SSSR count). The first-order valence-corrected chi connectivity index (χ1v) is 9.88. The molecule has 0 amide bonds. The Kier molecular flexibility index (Phi) is 7.78. The summed E-state index contributed by atoms with van der Waals surface area (Å²) in [5, 5.41) is 3.37. The maximum atomic E-state index is 12.4. The molecule has 0 radical (unpaired) electrons. The van der Waals surface area contributed by atoms with Crippen LogP contribution in [0.2, 0.25) is 0 Å². The number of ether oxygens (including phenoxy) is 3. The molecule has 1 aromatic carbocycles. The van der Waals surface area contributed by atoms with Gasteiger partial charge < -0.3 is 19.5 Å². The lowest BCUT2D eigenvalue weighted by molar-refractivity contribution is 0.0593. The number of anilines is 1. The third kappa shape index (κ3) is 5.79. The van der Waals surface area contributed by atoms with E-state index in [1.807, 2.05) is 18.2 Å². The molecule has 1 aliphatic rings. The molecule has 8 nitrogen and oxygen atoms in total. The Bertz CT molecular complexity index is 826. The average Bonchev–Trinajstić information content (AvgIpc) is 2.79. The zero-order chi connectivity index (χ0) is 21.3. The van der Waals surface area contributed by atoms with Crippen LogP contribution in [0, 0.1) is 0 Å². The fourth-order valence-corrected chi connectivity index (χ4v) is 3.40.